The van der Waals surface area contributed by atoms with E-state index in [1.165, 1.54) is 43.9 Å². The van der Waals surface area contributed by atoms with Crippen molar-refractivity contribution in [1.82, 2.24) is 4.90 Å². The van der Waals surface area contributed by atoms with E-state index in [2.05, 4.69) is 29.2 Å². The van der Waals surface area contributed by atoms with Crippen molar-refractivity contribution in [3.8, 4) is 0 Å². The molecule has 3 rings (SSSR count). The lowest BCUT2D eigenvalue weighted by Gasteiger charge is -2.37. The Labute approximate surface area is 127 Å². The summed E-state index contributed by atoms with van der Waals surface area (Å²) in [5, 5.41) is 0. The number of carbonyl (C=O) groups is 1. The second-order valence-corrected chi connectivity index (χ2v) is 6.32. The second kappa shape index (κ2) is 6.61. The number of methoxy groups -OCH3 is 1. The Hall–Kier alpha value is -1.35. The highest BCUT2D eigenvalue weighted by molar-refractivity contribution is 5.75. The van der Waals surface area contributed by atoms with Gasteiger partial charge in [0.25, 0.3) is 0 Å². The van der Waals surface area contributed by atoms with Crippen LogP contribution in [0.3, 0.4) is 0 Å². The van der Waals surface area contributed by atoms with Crippen LogP contribution >= 0.6 is 0 Å². The van der Waals surface area contributed by atoms with Gasteiger partial charge in [0.15, 0.2) is 0 Å². The van der Waals surface area contributed by atoms with Crippen molar-refractivity contribution in [2.75, 3.05) is 20.2 Å². The molecule has 0 spiro atoms. The Balaban J connectivity index is 1.75. The molecular weight excluding hydrogens is 262 g/mol. The van der Waals surface area contributed by atoms with Crippen molar-refractivity contribution in [3.05, 3.63) is 35.4 Å². The van der Waals surface area contributed by atoms with E-state index in [4.69, 9.17) is 4.74 Å². The molecule has 3 heteroatoms. The van der Waals surface area contributed by atoms with E-state index in [1.54, 1.807) is 0 Å². The van der Waals surface area contributed by atoms with Crippen molar-refractivity contribution in [2.24, 2.45) is 0 Å². The van der Waals surface area contributed by atoms with E-state index < -0.39 is 0 Å². The molecule has 1 aliphatic heterocycles. The molecule has 0 aromatic heterocycles. The molecule has 0 amide bonds. The molecule has 1 aliphatic carbocycles. The first-order valence-electron chi connectivity index (χ1n) is 8.19. The van der Waals surface area contributed by atoms with Crippen molar-refractivity contribution in [1.29, 1.82) is 0 Å². The summed E-state index contributed by atoms with van der Waals surface area (Å²) in [6, 6.07) is 8.79. The first-order valence-corrected chi connectivity index (χ1v) is 8.19. The summed E-state index contributed by atoms with van der Waals surface area (Å²) in [5.41, 5.74) is 3.00. The van der Waals surface area contributed by atoms with Crippen LogP contribution < -0.4 is 0 Å². The Morgan fingerprint density at radius 2 is 2.10 bits per heavy atom. The number of rotatable bonds is 3. The third-order valence-corrected chi connectivity index (χ3v) is 5.04. The normalized spacial score (nSPS) is 26.1. The molecule has 0 saturated carbocycles. The predicted octanol–water partition coefficient (Wildman–Crippen LogP) is 3.13. The quantitative estimate of drug-likeness (QED) is 0.800. The first kappa shape index (κ1) is 14.6. The molecule has 114 valence electrons. The zero-order valence-electron chi connectivity index (χ0n) is 12.9. The van der Waals surface area contributed by atoms with E-state index in [-0.39, 0.29) is 12.0 Å². The third kappa shape index (κ3) is 3.13. The highest BCUT2D eigenvalue weighted by Crippen LogP contribution is 2.33. The molecular formula is C18H25NO2. The van der Waals surface area contributed by atoms with Gasteiger partial charge in [0.2, 0.25) is 0 Å². The maximum atomic E-state index is 12.0. The van der Waals surface area contributed by atoms with Gasteiger partial charge < -0.3 is 4.74 Å². The van der Waals surface area contributed by atoms with Crippen molar-refractivity contribution < 1.29 is 9.53 Å². The number of likely N-dealkylation sites (tertiary alicyclic amines) is 1. The second-order valence-electron chi connectivity index (χ2n) is 6.32. The summed E-state index contributed by atoms with van der Waals surface area (Å²) in [7, 11) is 1.50. The van der Waals surface area contributed by atoms with E-state index in [0.29, 0.717) is 5.92 Å². The van der Waals surface area contributed by atoms with E-state index in [1.807, 2.05) is 0 Å². The van der Waals surface area contributed by atoms with Gasteiger partial charge in [-0.2, -0.15) is 0 Å². The molecule has 1 fully saturated rings. The van der Waals surface area contributed by atoms with Crippen LogP contribution in [0.1, 0.15) is 49.1 Å². The number of piperidine rings is 1. The van der Waals surface area contributed by atoms with Gasteiger partial charge >= 0.3 is 5.97 Å². The summed E-state index contributed by atoms with van der Waals surface area (Å²) in [4.78, 5) is 14.4. The lowest BCUT2D eigenvalue weighted by molar-refractivity contribution is -0.148. The Morgan fingerprint density at radius 1 is 1.24 bits per heavy atom. The highest BCUT2D eigenvalue weighted by Gasteiger charge is 2.32. The zero-order chi connectivity index (χ0) is 14.7. The Morgan fingerprint density at radius 3 is 2.95 bits per heavy atom. The number of nitrogens with zero attached hydrogens (tertiary/aromatic N) is 1. The number of fused-ring (bicyclic) bond motifs is 1. The number of esters is 1. The molecule has 1 aromatic rings. The predicted molar refractivity (Wildman–Crippen MR) is 83.3 cm³/mol. The highest BCUT2D eigenvalue weighted by atomic mass is 16.5. The van der Waals surface area contributed by atoms with Gasteiger partial charge in [-0.1, -0.05) is 30.7 Å². The fraction of sp³-hybridized carbons (Fsp3) is 0.611. The van der Waals surface area contributed by atoms with Gasteiger partial charge in [-0.3, -0.25) is 9.69 Å². The van der Waals surface area contributed by atoms with Crippen molar-refractivity contribution in [2.45, 2.75) is 50.5 Å². The maximum Gasteiger partial charge on any atom is 0.323 e. The summed E-state index contributed by atoms with van der Waals surface area (Å²) in [5.74, 6) is 0.513. The topological polar surface area (TPSA) is 29.5 Å². The van der Waals surface area contributed by atoms with Crippen molar-refractivity contribution in [3.63, 3.8) is 0 Å². The summed E-state index contributed by atoms with van der Waals surface area (Å²) >= 11 is 0. The minimum absolute atomic E-state index is 0.0298. The van der Waals surface area contributed by atoms with Gasteiger partial charge in [0.05, 0.1) is 7.11 Å². The van der Waals surface area contributed by atoms with Crippen LogP contribution in [-0.2, 0) is 16.0 Å². The standard InChI is InChI=1S/C18H25NO2/c1-21-18(20)17-11-4-5-12-19(17)13-15-9-6-8-14-7-2-3-10-16(14)15/h2-3,7,10,15,17H,4-6,8-9,11-13H2,1H3/t15?,17-/m1/s1. The fourth-order valence-electron chi connectivity index (χ4n) is 3.94. The molecule has 1 heterocycles. The minimum Gasteiger partial charge on any atom is -0.468 e. The summed E-state index contributed by atoms with van der Waals surface area (Å²) < 4.78 is 5.00. The maximum absolute atomic E-state index is 12.0. The molecule has 2 aliphatic rings. The van der Waals surface area contributed by atoms with Gasteiger partial charge in [-0.25, -0.2) is 0 Å². The third-order valence-electron chi connectivity index (χ3n) is 5.04. The molecule has 1 unspecified atom stereocenters. The van der Waals surface area contributed by atoms with Crippen LogP contribution in [0.25, 0.3) is 0 Å². The lowest BCUT2D eigenvalue weighted by atomic mass is 9.82. The number of aryl methyl sites for hydroxylation is 1. The zero-order valence-corrected chi connectivity index (χ0v) is 12.9. The fourth-order valence-corrected chi connectivity index (χ4v) is 3.94. The number of ether oxygens (including phenoxy) is 1. The van der Waals surface area contributed by atoms with Gasteiger partial charge in [0, 0.05) is 6.54 Å². The van der Waals surface area contributed by atoms with Gasteiger partial charge in [-0.05, 0) is 55.7 Å². The van der Waals surface area contributed by atoms with E-state index >= 15 is 0 Å². The molecule has 0 bridgehead atoms. The minimum atomic E-state index is -0.0567. The average molecular weight is 287 g/mol. The van der Waals surface area contributed by atoms with Crippen molar-refractivity contribution >= 4 is 5.97 Å². The van der Waals surface area contributed by atoms with Crippen LogP contribution in [0.2, 0.25) is 0 Å². The molecule has 1 saturated heterocycles. The smallest absolute Gasteiger partial charge is 0.323 e. The van der Waals surface area contributed by atoms with E-state index in [0.717, 1.165) is 25.9 Å². The Kier molecular flexibility index (Phi) is 4.59. The Bertz CT molecular complexity index is 500. The largest absolute Gasteiger partial charge is 0.468 e. The van der Waals surface area contributed by atoms with Crippen LogP contribution in [-0.4, -0.2) is 37.1 Å². The first-order chi connectivity index (χ1) is 10.3. The number of benzene rings is 1. The van der Waals surface area contributed by atoms with Gasteiger partial charge in [0.1, 0.15) is 6.04 Å². The lowest BCUT2D eigenvalue weighted by Crippen LogP contribution is -2.47. The van der Waals surface area contributed by atoms with Crippen LogP contribution in [0.15, 0.2) is 24.3 Å². The monoisotopic (exact) mass is 287 g/mol. The van der Waals surface area contributed by atoms with Crippen LogP contribution in [0, 0.1) is 0 Å². The molecule has 0 N–H and O–H groups in total. The molecule has 0 radical (unpaired) electrons. The number of hydrogen-bond acceptors (Lipinski definition) is 3. The molecule has 2 atom stereocenters. The van der Waals surface area contributed by atoms with E-state index in [9.17, 15) is 4.79 Å². The molecule has 1 aromatic carbocycles. The van der Waals surface area contributed by atoms with Crippen LogP contribution in [0.5, 0.6) is 0 Å². The van der Waals surface area contributed by atoms with Gasteiger partial charge in [-0.15, -0.1) is 0 Å². The number of hydrogen-bond donors (Lipinski definition) is 0. The average Bonchev–Trinajstić information content (AvgIpc) is 2.55. The number of carbonyl (C=O) groups excluding carboxylic acids is 1. The summed E-state index contributed by atoms with van der Waals surface area (Å²) in [6.07, 6.45) is 6.98. The molecule has 3 nitrogen and oxygen atoms in total. The summed E-state index contributed by atoms with van der Waals surface area (Å²) in [6.45, 7) is 2.02. The SMILES string of the molecule is COC(=O)[C@H]1CCCCN1CC1CCCc2ccccc21. The molecule has 21 heavy (non-hydrogen) atoms. The van der Waals surface area contributed by atoms with Crippen LogP contribution in [0.4, 0.5) is 0 Å².